The van der Waals surface area contributed by atoms with Crippen LogP contribution in [0.25, 0.3) is 21.3 Å². The average molecular weight is 488 g/mol. The number of rotatable bonds is 5. The number of aryl methyl sites for hydroxylation is 4. The highest BCUT2D eigenvalue weighted by Gasteiger charge is 2.26. The zero-order valence-corrected chi connectivity index (χ0v) is 20.2. The zero-order chi connectivity index (χ0) is 21.4. The topological polar surface area (TPSA) is 55.3 Å². The molecule has 1 saturated heterocycles. The van der Waals surface area contributed by atoms with Crippen LogP contribution in [0, 0.1) is 33.6 Å². The number of halogens is 1. The molecule has 0 spiro atoms. The van der Waals surface area contributed by atoms with E-state index in [2.05, 4.69) is 53.7 Å². The second-order valence-corrected chi connectivity index (χ2v) is 10.2. The summed E-state index contributed by atoms with van der Waals surface area (Å²) in [4.78, 5) is 23.9. The molecule has 5 nitrogen and oxygen atoms in total. The van der Waals surface area contributed by atoms with Crippen LogP contribution in [0.5, 0.6) is 0 Å². The summed E-state index contributed by atoms with van der Waals surface area (Å²) < 4.78 is 7.24. The van der Waals surface area contributed by atoms with E-state index in [1.165, 1.54) is 27.1 Å². The molecule has 0 radical (unpaired) electrons. The maximum absolute atomic E-state index is 10.5. The Labute approximate surface area is 189 Å². The average Bonchev–Trinajstić information content (AvgIpc) is 3.01. The van der Waals surface area contributed by atoms with E-state index >= 15 is 0 Å². The van der Waals surface area contributed by atoms with Crippen molar-refractivity contribution in [1.29, 1.82) is 0 Å². The number of nitrogens with zero attached hydrogens (tertiary/aromatic N) is 3. The summed E-state index contributed by atoms with van der Waals surface area (Å²) in [6.07, 6.45) is 2.00. The van der Waals surface area contributed by atoms with E-state index in [1.54, 1.807) is 11.3 Å². The van der Waals surface area contributed by atoms with Crippen LogP contribution in [-0.4, -0.2) is 36.1 Å². The molecule has 1 aromatic carbocycles. The minimum Gasteiger partial charge on any atom is -0.468 e. The van der Waals surface area contributed by atoms with Gasteiger partial charge in [0.1, 0.15) is 11.6 Å². The Morgan fingerprint density at radius 3 is 2.43 bits per heavy atom. The fourth-order valence-corrected chi connectivity index (χ4v) is 6.29. The Hall–Kier alpha value is -1.99. The van der Waals surface area contributed by atoms with Gasteiger partial charge in [-0.25, -0.2) is 9.97 Å². The second kappa shape index (κ2) is 8.63. The van der Waals surface area contributed by atoms with Crippen molar-refractivity contribution in [1.82, 2.24) is 9.97 Å². The van der Waals surface area contributed by atoms with Crippen molar-refractivity contribution in [2.45, 2.75) is 40.5 Å². The summed E-state index contributed by atoms with van der Waals surface area (Å²) in [5, 5.41) is 0. The van der Waals surface area contributed by atoms with Gasteiger partial charge in [0, 0.05) is 28.0 Å². The van der Waals surface area contributed by atoms with Crippen LogP contribution >= 0.6 is 27.3 Å². The number of anilines is 1. The van der Waals surface area contributed by atoms with Gasteiger partial charge in [0.05, 0.1) is 16.8 Å². The number of hydrogen-bond acceptors (Lipinski definition) is 6. The lowest BCUT2D eigenvalue weighted by Crippen LogP contribution is -2.35. The molecular formula is C23H26BrN3O2S. The number of piperidine rings is 1. The predicted octanol–water partition coefficient (Wildman–Crippen LogP) is 5.74. The van der Waals surface area contributed by atoms with Gasteiger partial charge in [-0.15, -0.1) is 11.3 Å². The van der Waals surface area contributed by atoms with Crippen molar-refractivity contribution >= 4 is 49.8 Å². The van der Waals surface area contributed by atoms with Gasteiger partial charge in [0.25, 0.3) is 6.47 Å². The lowest BCUT2D eigenvalue weighted by molar-refractivity contribution is -0.130. The Morgan fingerprint density at radius 1 is 1.13 bits per heavy atom. The summed E-state index contributed by atoms with van der Waals surface area (Å²) >= 11 is 5.41. The van der Waals surface area contributed by atoms with Gasteiger partial charge >= 0.3 is 0 Å². The van der Waals surface area contributed by atoms with Crippen LogP contribution in [0.1, 0.15) is 34.7 Å². The first-order chi connectivity index (χ1) is 14.4. The Bertz CT molecular complexity index is 1080. The van der Waals surface area contributed by atoms with E-state index in [4.69, 9.17) is 14.7 Å². The third-order valence-electron chi connectivity index (χ3n) is 5.86. The highest BCUT2D eigenvalue weighted by Crippen LogP contribution is 2.44. The highest BCUT2D eigenvalue weighted by atomic mass is 79.9. The number of fused-ring (bicyclic) bond motifs is 1. The number of ether oxygens (including phenoxy) is 1. The van der Waals surface area contributed by atoms with Crippen LogP contribution < -0.4 is 4.90 Å². The van der Waals surface area contributed by atoms with E-state index in [0.717, 1.165) is 52.3 Å². The third kappa shape index (κ3) is 3.97. The van der Waals surface area contributed by atoms with E-state index < -0.39 is 0 Å². The van der Waals surface area contributed by atoms with Crippen LogP contribution in [0.4, 0.5) is 5.82 Å². The summed E-state index contributed by atoms with van der Waals surface area (Å²) in [6.45, 7) is 11.4. The molecule has 0 saturated carbocycles. The SMILES string of the molecule is Cc1nc(N2CCC(COC=O)CC2)c2sc(C)c(-c3c(C)cc(Br)cc3C)c2n1. The van der Waals surface area contributed by atoms with Gasteiger partial charge in [-0.1, -0.05) is 15.9 Å². The molecule has 1 aliphatic rings. The Balaban J connectivity index is 1.77. The molecule has 3 heterocycles. The lowest BCUT2D eigenvalue weighted by Gasteiger charge is -2.32. The molecule has 0 N–H and O–H groups in total. The van der Waals surface area contributed by atoms with Crippen LogP contribution in [0.15, 0.2) is 16.6 Å². The first-order valence-electron chi connectivity index (χ1n) is 10.2. The van der Waals surface area contributed by atoms with Crippen LogP contribution in [0.2, 0.25) is 0 Å². The molecule has 0 aliphatic carbocycles. The summed E-state index contributed by atoms with van der Waals surface area (Å²) in [5.74, 6) is 2.27. The van der Waals surface area contributed by atoms with Gasteiger partial charge in [-0.3, -0.25) is 4.79 Å². The minimum absolute atomic E-state index is 0.429. The fourth-order valence-electron chi connectivity index (χ4n) is 4.48. The van der Waals surface area contributed by atoms with E-state index in [9.17, 15) is 4.79 Å². The summed E-state index contributed by atoms with van der Waals surface area (Å²) in [7, 11) is 0. The van der Waals surface area contributed by atoms with Gasteiger partial charge in [-0.2, -0.15) is 0 Å². The first kappa shape index (κ1) is 21.2. The van der Waals surface area contributed by atoms with Gasteiger partial charge in [0.2, 0.25) is 0 Å². The van der Waals surface area contributed by atoms with Crippen molar-refractivity contribution in [2.75, 3.05) is 24.6 Å². The number of carbonyl (C=O) groups excluding carboxylic acids is 1. The van der Waals surface area contributed by atoms with Crippen molar-refractivity contribution in [3.8, 4) is 11.1 Å². The molecule has 0 bridgehead atoms. The second-order valence-electron chi connectivity index (χ2n) is 8.08. The molecule has 2 aromatic heterocycles. The van der Waals surface area contributed by atoms with Gasteiger partial charge < -0.3 is 9.64 Å². The molecule has 0 atom stereocenters. The molecule has 1 aliphatic heterocycles. The van der Waals surface area contributed by atoms with Crippen molar-refractivity contribution in [3.63, 3.8) is 0 Å². The summed E-state index contributed by atoms with van der Waals surface area (Å²) in [6, 6.07) is 4.35. The predicted molar refractivity (Wildman–Crippen MR) is 126 cm³/mol. The van der Waals surface area contributed by atoms with Gasteiger partial charge in [-0.05, 0) is 75.3 Å². The fraction of sp³-hybridized carbons (Fsp3) is 0.435. The zero-order valence-electron chi connectivity index (χ0n) is 17.8. The van der Waals surface area contributed by atoms with Crippen LogP contribution in [-0.2, 0) is 9.53 Å². The molecular weight excluding hydrogens is 462 g/mol. The number of benzene rings is 1. The number of carbonyl (C=O) groups is 1. The molecule has 4 rings (SSSR count). The molecule has 7 heteroatoms. The molecule has 3 aromatic rings. The number of hydrogen-bond donors (Lipinski definition) is 0. The van der Waals surface area contributed by atoms with Crippen molar-refractivity contribution in [3.05, 3.63) is 38.4 Å². The van der Waals surface area contributed by atoms with Crippen molar-refractivity contribution < 1.29 is 9.53 Å². The molecule has 0 unspecified atom stereocenters. The first-order valence-corrected chi connectivity index (χ1v) is 11.8. The Morgan fingerprint density at radius 2 is 1.80 bits per heavy atom. The summed E-state index contributed by atoms with van der Waals surface area (Å²) in [5.41, 5.74) is 6.06. The van der Waals surface area contributed by atoms with Crippen molar-refractivity contribution in [2.24, 2.45) is 5.92 Å². The quantitative estimate of drug-likeness (QED) is 0.429. The van der Waals surface area contributed by atoms with E-state index in [1.807, 2.05) is 6.92 Å². The normalized spacial score (nSPS) is 15.0. The number of aromatic nitrogens is 2. The monoisotopic (exact) mass is 487 g/mol. The Kier molecular flexibility index (Phi) is 6.11. The van der Waals surface area contributed by atoms with E-state index in [-0.39, 0.29) is 0 Å². The van der Waals surface area contributed by atoms with Gasteiger partial charge in [0.15, 0.2) is 0 Å². The molecule has 158 valence electrons. The smallest absolute Gasteiger partial charge is 0.293 e. The van der Waals surface area contributed by atoms with E-state index in [0.29, 0.717) is 19.0 Å². The third-order valence-corrected chi connectivity index (χ3v) is 7.41. The molecule has 30 heavy (non-hydrogen) atoms. The minimum atomic E-state index is 0.429. The largest absolute Gasteiger partial charge is 0.468 e. The number of thiophene rings is 1. The highest BCUT2D eigenvalue weighted by molar-refractivity contribution is 9.10. The standard InChI is InChI=1S/C23H26BrN3O2S/c1-13-9-18(24)10-14(2)19(13)20-15(3)30-22-21(20)25-16(4)26-23(22)27-7-5-17(6-8-27)11-29-12-28/h9-10,12,17H,5-8,11H2,1-4H3. The molecule has 1 fully saturated rings. The molecule has 0 amide bonds. The lowest BCUT2D eigenvalue weighted by atomic mass is 9.95. The maximum Gasteiger partial charge on any atom is 0.293 e. The maximum atomic E-state index is 10.5. The van der Waals surface area contributed by atoms with Crippen LogP contribution in [0.3, 0.4) is 0 Å².